The number of nitrogens with zero attached hydrogens (tertiary/aromatic N) is 1. The molecule has 2 heterocycles. The number of methoxy groups -OCH3 is 1. The smallest absolute Gasteiger partial charge is 0.252 e. The molecule has 28 heavy (non-hydrogen) atoms. The third-order valence-electron chi connectivity index (χ3n) is 4.56. The molecule has 9 heteroatoms. The molecule has 1 aromatic carbocycles. The number of benzene rings is 1. The first kappa shape index (κ1) is 20.6. The lowest BCUT2D eigenvalue weighted by atomic mass is 9.99. The van der Waals surface area contributed by atoms with Crippen molar-refractivity contribution in [3.63, 3.8) is 0 Å². The van der Waals surface area contributed by atoms with Crippen LogP contribution in [0.3, 0.4) is 0 Å². The van der Waals surface area contributed by atoms with Gasteiger partial charge < -0.3 is 14.8 Å². The van der Waals surface area contributed by atoms with Gasteiger partial charge in [0.15, 0.2) is 0 Å². The minimum absolute atomic E-state index is 0.139. The van der Waals surface area contributed by atoms with Crippen molar-refractivity contribution in [1.82, 2.24) is 9.62 Å². The van der Waals surface area contributed by atoms with E-state index in [1.54, 1.807) is 30.7 Å². The fourth-order valence-corrected chi connectivity index (χ4v) is 5.76. The van der Waals surface area contributed by atoms with Crippen LogP contribution in [0.1, 0.15) is 12.8 Å². The van der Waals surface area contributed by atoms with Gasteiger partial charge in [0.05, 0.1) is 19.6 Å². The summed E-state index contributed by atoms with van der Waals surface area (Å²) in [6, 6.07) is 10.6. The van der Waals surface area contributed by atoms with Gasteiger partial charge in [-0.1, -0.05) is 12.1 Å². The van der Waals surface area contributed by atoms with Gasteiger partial charge in [-0.2, -0.15) is 4.31 Å². The van der Waals surface area contributed by atoms with Crippen LogP contribution in [-0.2, 0) is 14.8 Å². The van der Waals surface area contributed by atoms with Crippen LogP contribution in [-0.4, -0.2) is 52.0 Å². The SMILES string of the molecule is COc1cccc(OCCNC(=O)[C@@H]2CCCN(S(=O)(=O)c3cccs3)C2)c1. The van der Waals surface area contributed by atoms with Gasteiger partial charge in [0, 0.05) is 19.2 Å². The number of hydrogen-bond donors (Lipinski definition) is 1. The molecule has 1 amide bonds. The number of carbonyl (C=O) groups excluding carboxylic acids is 1. The van der Waals surface area contributed by atoms with Crippen LogP contribution < -0.4 is 14.8 Å². The van der Waals surface area contributed by atoms with Crippen molar-refractivity contribution in [2.75, 3.05) is 33.4 Å². The average Bonchev–Trinajstić information content (AvgIpc) is 3.27. The molecule has 1 fully saturated rings. The van der Waals surface area contributed by atoms with Gasteiger partial charge >= 0.3 is 0 Å². The van der Waals surface area contributed by atoms with Crippen molar-refractivity contribution in [3.8, 4) is 11.5 Å². The third kappa shape index (κ3) is 5.03. The van der Waals surface area contributed by atoms with E-state index in [1.807, 2.05) is 18.2 Å². The maximum absolute atomic E-state index is 12.7. The van der Waals surface area contributed by atoms with Crippen LogP contribution >= 0.6 is 11.3 Å². The fourth-order valence-electron chi connectivity index (χ4n) is 3.09. The lowest BCUT2D eigenvalue weighted by molar-refractivity contribution is -0.126. The average molecular weight is 425 g/mol. The Labute approximate surface area is 169 Å². The number of hydrogen-bond acceptors (Lipinski definition) is 6. The van der Waals surface area contributed by atoms with E-state index in [4.69, 9.17) is 9.47 Å². The molecule has 1 N–H and O–H groups in total. The van der Waals surface area contributed by atoms with E-state index >= 15 is 0 Å². The van der Waals surface area contributed by atoms with E-state index in [9.17, 15) is 13.2 Å². The minimum atomic E-state index is -3.52. The summed E-state index contributed by atoms with van der Waals surface area (Å²) in [7, 11) is -1.93. The lowest BCUT2D eigenvalue weighted by Crippen LogP contribution is -2.45. The zero-order valence-corrected chi connectivity index (χ0v) is 17.3. The van der Waals surface area contributed by atoms with Gasteiger partial charge in [-0.05, 0) is 36.4 Å². The van der Waals surface area contributed by atoms with Gasteiger partial charge in [-0.15, -0.1) is 11.3 Å². The number of amides is 1. The largest absolute Gasteiger partial charge is 0.497 e. The number of thiophene rings is 1. The summed E-state index contributed by atoms with van der Waals surface area (Å²) in [5.74, 6) is 0.885. The van der Waals surface area contributed by atoms with Crippen molar-refractivity contribution >= 4 is 27.3 Å². The Kier molecular flexibility index (Phi) is 6.93. The predicted octanol–water partition coefficient (Wildman–Crippen LogP) is 2.35. The number of carbonyl (C=O) groups is 1. The van der Waals surface area contributed by atoms with E-state index in [-0.39, 0.29) is 18.4 Å². The van der Waals surface area contributed by atoms with Crippen molar-refractivity contribution in [1.29, 1.82) is 0 Å². The van der Waals surface area contributed by atoms with Crippen LogP contribution in [0, 0.1) is 5.92 Å². The van der Waals surface area contributed by atoms with E-state index in [1.165, 1.54) is 15.6 Å². The monoisotopic (exact) mass is 424 g/mol. The zero-order valence-electron chi connectivity index (χ0n) is 15.7. The summed E-state index contributed by atoms with van der Waals surface area (Å²) in [6.07, 6.45) is 1.35. The molecular weight excluding hydrogens is 400 g/mol. The Morgan fingerprint density at radius 3 is 2.86 bits per heavy atom. The number of piperidine rings is 1. The second-order valence-electron chi connectivity index (χ2n) is 6.45. The van der Waals surface area contributed by atoms with Crippen molar-refractivity contribution < 1.29 is 22.7 Å². The van der Waals surface area contributed by atoms with E-state index in [0.29, 0.717) is 48.2 Å². The molecule has 0 bridgehead atoms. The Morgan fingerprint density at radius 2 is 2.11 bits per heavy atom. The molecule has 0 spiro atoms. The second kappa shape index (κ2) is 9.40. The lowest BCUT2D eigenvalue weighted by Gasteiger charge is -2.30. The van der Waals surface area contributed by atoms with Gasteiger partial charge in [0.1, 0.15) is 22.3 Å². The van der Waals surface area contributed by atoms with Gasteiger partial charge in [-0.3, -0.25) is 4.79 Å². The Morgan fingerprint density at radius 1 is 1.29 bits per heavy atom. The van der Waals surface area contributed by atoms with Crippen LogP contribution in [0.2, 0.25) is 0 Å². The molecule has 3 rings (SSSR count). The minimum Gasteiger partial charge on any atom is -0.497 e. The molecule has 2 aromatic rings. The molecule has 1 aliphatic rings. The topological polar surface area (TPSA) is 84.9 Å². The number of ether oxygens (including phenoxy) is 2. The highest BCUT2D eigenvalue weighted by atomic mass is 32.2. The summed E-state index contributed by atoms with van der Waals surface area (Å²) >= 11 is 1.19. The van der Waals surface area contributed by atoms with Crippen molar-refractivity contribution in [2.45, 2.75) is 17.1 Å². The quantitative estimate of drug-likeness (QED) is 0.658. The van der Waals surface area contributed by atoms with Crippen LogP contribution in [0.25, 0.3) is 0 Å². The van der Waals surface area contributed by atoms with Crippen LogP contribution in [0.4, 0.5) is 0 Å². The molecule has 0 radical (unpaired) electrons. The first-order valence-electron chi connectivity index (χ1n) is 9.09. The van der Waals surface area contributed by atoms with E-state index < -0.39 is 10.0 Å². The zero-order chi connectivity index (χ0) is 20.0. The predicted molar refractivity (Wildman–Crippen MR) is 107 cm³/mol. The standard InChI is InChI=1S/C19H24N2O5S2/c1-25-16-6-2-7-17(13-16)26-11-9-20-19(22)15-5-3-10-21(14-15)28(23,24)18-8-4-12-27-18/h2,4,6-8,12-13,15H,3,5,9-11,14H2,1H3,(H,20,22)/t15-/m1/s1. The summed E-state index contributed by atoms with van der Waals surface area (Å²) in [4.78, 5) is 12.5. The summed E-state index contributed by atoms with van der Waals surface area (Å²) in [5, 5.41) is 4.58. The Balaban J connectivity index is 1.47. The van der Waals surface area contributed by atoms with Crippen LogP contribution in [0.5, 0.6) is 11.5 Å². The molecule has 7 nitrogen and oxygen atoms in total. The summed E-state index contributed by atoms with van der Waals surface area (Å²) in [5.41, 5.74) is 0. The van der Waals surface area contributed by atoms with Crippen molar-refractivity contribution in [3.05, 3.63) is 41.8 Å². The molecule has 0 unspecified atom stereocenters. The molecule has 1 aliphatic heterocycles. The van der Waals surface area contributed by atoms with E-state index in [2.05, 4.69) is 5.32 Å². The van der Waals surface area contributed by atoms with Crippen LogP contribution in [0.15, 0.2) is 46.0 Å². The Hall–Kier alpha value is -2.10. The third-order valence-corrected chi connectivity index (χ3v) is 7.79. The van der Waals surface area contributed by atoms with Crippen molar-refractivity contribution in [2.24, 2.45) is 5.92 Å². The first-order chi connectivity index (χ1) is 13.5. The molecular formula is C19H24N2O5S2. The summed E-state index contributed by atoms with van der Waals surface area (Å²) < 4.78 is 37.8. The molecule has 0 saturated carbocycles. The van der Waals surface area contributed by atoms with Gasteiger partial charge in [0.2, 0.25) is 5.91 Å². The fraction of sp³-hybridized carbons (Fsp3) is 0.421. The van der Waals surface area contributed by atoms with Gasteiger partial charge in [-0.25, -0.2) is 8.42 Å². The second-order valence-corrected chi connectivity index (χ2v) is 9.57. The molecule has 0 aliphatic carbocycles. The molecule has 1 saturated heterocycles. The maximum Gasteiger partial charge on any atom is 0.252 e. The highest BCUT2D eigenvalue weighted by molar-refractivity contribution is 7.91. The number of nitrogens with one attached hydrogen (secondary N) is 1. The van der Waals surface area contributed by atoms with E-state index in [0.717, 1.165) is 0 Å². The van der Waals surface area contributed by atoms with Gasteiger partial charge in [0.25, 0.3) is 10.0 Å². The number of rotatable bonds is 8. The first-order valence-corrected chi connectivity index (χ1v) is 11.4. The molecule has 1 atom stereocenters. The highest BCUT2D eigenvalue weighted by Crippen LogP contribution is 2.26. The highest BCUT2D eigenvalue weighted by Gasteiger charge is 2.33. The normalized spacial score (nSPS) is 17.8. The Bertz CT molecular complexity index is 883. The summed E-state index contributed by atoms with van der Waals surface area (Å²) in [6.45, 7) is 1.33. The molecule has 152 valence electrons. The number of sulfonamides is 1. The maximum atomic E-state index is 12.7. The molecule has 1 aromatic heterocycles.